The lowest BCUT2D eigenvalue weighted by Crippen LogP contribution is -2.15. The van der Waals surface area contributed by atoms with Gasteiger partial charge < -0.3 is 0 Å². The van der Waals surface area contributed by atoms with Crippen molar-refractivity contribution >= 4 is 95.6 Å². The van der Waals surface area contributed by atoms with Gasteiger partial charge in [0, 0.05) is 30.5 Å². The third-order valence-corrected chi connectivity index (χ3v) is 10.9. The molecule has 200 valence electrons. The van der Waals surface area contributed by atoms with E-state index in [1.54, 1.807) is 84.9 Å². The van der Waals surface area contributed by atoms with Crippen LogP contribution in [0, 0.1) is 0 Å². The van der Waals surface area contributed by atoms with Crippen LogP contribution in [-0.4, -0.2) is 16.8 Å². The van der Waals surface area contributed by atoms with E-state index in [9.17, 15) is 16.8 Å². The van der Waals surface area contributed by atoms with Crippen LogP contribution < -0.4 is 9.44 Å². The maximum Gasteiger partial charge on any atom is 0.262 e. The van der Waals surface area contributed by atoms with E-state index >= 15 is 0 Å². The molecule has 0 amide bonds. The lowest BCUT2D eigenvalue weighted by atomic mass is 10.1. The van der Waals surface area contributed by atoms with Crippen LogP contribution in [0.2, 0.25) is 0 Å². The highest BCUT2D eigenvalue weighted by Crippen LogP contribution is 2.36. The fourth-order valence-corrected chi connectivity index (χ4v) is 8.35. The summed E-state index contributed by atoms with van der Waals surface area (Å²) in [5.74, 6) is 0. The van der Waals surface area contributed by atoms with Crippen molar-refractivity contribution in [3.8, 4) is 0 Å². The molecular formula is C30H20Br2N2O4S2. The summed E-state index contributed by atoms with van der Waals surface area (Å²) in [6.07, 6.45) is 0. The Morgan fingerprint density at radius 3 is 1.10 bits per heavy atom. The van der Waals surface area contributed by atoms with E-state index < -0.39 is 20.0 Å². The second kappa shape index (κ2) is 10.2. The molecule has 6 nitrogen and oxygen atoms in total. The number of sulfonamides is 2. The van der Waals surface area contributed by atoms with Crippen LogP contribution in [0.3, 0.4) is 0 Å². The fraction of sp³-hybridized carbons (Fsp3) is 0. The van der Waals surface area contributed by atoms with Gasteiger partial charge in [0.05, 0.1) is 21.2 Å². The minimum absolute atomic E-state index is 0.141. The van der Waals surface area contributed by atoms with Crippen molar-refractivity contribution in [2.75, 3.05) is 9.44 Å². The molecule has 0 spiro atoms. The topological polar surface area (TPSA) is 92.3 Å². The molecule has 0 saturated heterocycles. The number of halogens is 2. The van der Waals surface area contributed by atoms with Crippen LogP contribution in [0.4, 0.5) is 11.4 Å². The Labute approximate surface area is 248 Å². The zero-order chi connectivity index (χ0) is 28.1. The Hall–Kier alpha value is -3.44. The van der Waals surface area contributed by atoms with Crippen molar-refractivity contribution in [2.45, 2.75) is 9.79 Å². The lowest BCUT2D eigenvalue weighted by molar-refractivity contribution is 0.600. The number of anilines is 2. The van der Waals surface area contributed by atoms with Gasteiger partial charge in [0.2, 0.25) is 0 Å². The summed E-state index contributed by atoms with van der Waals surface area (Å²) in [4.78, 5) is 0.282. The highest BCUT2D eigenvalue weighted by Gasteiger charge is 2.22. The zero-order valence-corrected chi connectivity index (χ0v) is 25.4. The van der Waals surface area contributed by atoms with Gasteiger partial charge in [-0.25, -0.2) is 16.8 Å². The first-order valence-corrected chi connectivity index (χ1v) is 16.6. The van der Waals surface area contributed by atoms with Crippen LogP contribution in [-0.2, 0) is 20.0 Å². The van der Waals surface area contributed by atoms with Crippen LogP contribution in [0.5, 0.6) is 0 Å². The van der Waals surface area contributed by atoms with Crippen molar-refractivity contribution in [1.82, 2.24) is 0 Å². The van der Waals surface area contributed by atoms with E-state index in [4.69, 9.17) is 0 Å². The second-order valence-corrected chi connectivity index (χ2v) is 14.1. The molecule has 0 aliphatic rings. The van der Waals surface area contributed by atoms with Crippen LogP contribution in [0.25, 0.3) is 32.3 Å². The summed E-state index contributed by atoms with van der Waals surface area (Å²) in [5, 5.41) is 3.82. The van der Waals surface area contributed by atoms with Crippen molar-refractivity contribution in [1.29, 1.82) is 0 Å². The normalized spacial score (nSPS) is 12.2. The van der Waals surface area contributed by atoms with Gasteiger partial charge in [-0.15, -0.1) is 0 Å². The van der Waals surface area contributed by atoms with Gasteiger partial charge in [-0.2, -0.15) is 0 Å². The minimum atomic E-state index is -3.98. The summed E-state index contributed by atoms with van der Waals surface area (Å²) in [5.41, 5.74) is 0.666. The van der Waals surface area contributed by atoms with Crippen LogP contribution in [0.15, 0.2) is 128 Å². The fourth-order valence-electron chi connectivity index (χ4n) is 4.81. The maximum absolute atomic E-state index is 13.6. The van der Waals surface area contributed by atoms with Gasteiger partial charge in [0.1, 0.15) is 0 Å². The van der Waals surface area contributed by atoms with E-state index in [1.165, 1.54) is 0 Å². The number of rotatable bonds is 6. The van der Waals surface area contributed by atoms with Crippen molar-refractivity contribution < 1.29 is 16.8 Å². The van der Waals surface area contributed by atoms with E-state index in [0.29, 0.717) is 32.9 Å². The molecule has 0 aromatic heterocycles. The second-order valence-electron chi connectivity index (χ2n) is 9.10. The van der Waals surface area contributed by atoms with Gasteiger partial charge in [0.25, 0.3) is 20.0 Å². The van der Waals surface area contributed by atoms with E-state index in [0.717, 1.165) is 19.7 Å². The molecule has 0 aliphatic carbocycles. The average Bonchev–Trinajstić information content (AvgIpc) is 2.94. The summed E-state index contributed by atoms with van der Waals surface area (Å²) in [6, 6.07) is 31.2. The Bertz CT molecular complexity index is 2030. The number of fused-ring (bicyclic) bond motifs is 3. The molecule has 0 fully saturated rings. The third kappa shape index (κ3) is 4.75. The van der Waals surface area contributed by atoms with Crippen molar-refractivity contribution in [3.63, 3.8) is 0 Å². The standard InChI is InChI=1S/C30H20Br2N2O4S2/c31-25-13-17-29(23-11-5-1-7-19(23)25)39(35,36)33-27-15-16-28(22-10-4-3-9-21(22)27)34-40(37,38)30-18-14-26(32)20-8-2-6-12-24(20)30/h1-18,33-34H. The first kappa shape index (κ1) is 26.8. The molecule has 6 rings (SSSR count). The van der Waals surface area contributed by atoms with E-state index in [2.05, 4.69) is 41.3 Å². The zero-order valence-electron chi connectivity index (χ0n) is 20.6. The number of hydrogen-bond donors (Lipinski definition) is 2. The highest BCUT2D eigenvalue weighted by atomic mass is 79.9. The van der Waals surface area contributed by atoms with Gasteiger partial charge in [-0.1, -0.05) is 105 Å². The van der Waals surface area contributed by atoms with Gasteiger partial charge in [0.15, 0.2) is 0 Å². The molecule has 6 aromatic carbocycles. The molecule has 40 heavy (non-hydrogen) atoms. The predicted molar refractivity (Wildman–Crippen MR) is 169 cm³/mol. The summed E-state index contributed by atoms with van der Waals surface area (Å²) in [7, 11) is -7.96. The largest absolute Gasteiger partial charge is 0.279 e. The summed E-state index contributed by atoms with van der Waals surface area (Å²) >= 11 is 6.98. The molecule has 10 heteroatoms. The van der Waals surface area contributed by atoms with Gasteiger partial charge in [-0.3, -0.25) is 9.44 Å². The quantitative estimate of drug-likeness (QED) is 0.184. The van der Waals surface area contributed by atoms with Gasteiger partial charge in [-0.05, 0) is 47.2 Å². The SMILES string of the molecule is O=S(=O)(Nc1ccc(NS(=O)(=O)c2ccc(Br)c3ccccc23)c2ccccc12)c1ccc(Br)c2ccccc12. The molecule has 0 bridgehead atoms. The molecule has 0 radical (unpaired) electrons. The Balaban J connectivity index is 1.41. The first-order valence-electron chi connectivity index (χ1n) is 12.1. The Kier molecular flexibility index (Phi) is 6.82. The number of benzene rings is 6. The molecule has 0 saturated carbocycles. The smallest absolute Gasteiger partial charge is 0.262 e. The van der Waals surface area contributed by atoms with E-state index in [1.807, 2.05) is 24.3 Å². The lowest BCUT2D eigenvalue weighted by Gasteiger charge is -2.16. The van der Waals surface area contributed by atoms with Crippen LogP contribution >= 0.6 is 31.9 Å². The number of nitrogens with one attached hydrogen (secondary N) is 2. The monoisotopic (exact) mass is 694 g/mol. The van der Waals surface area contributed by atoms with Crippen molar-refractivity contribution in [2.24, 2.45) is 0 Å². The molecule has 2 N–H and O–H groups in total. The average molecular weight is 696 g/mol. The Morgan fingerprint density at radius 1 is 0.400 bits per heavy atom. The molecule has 6 aromatic rings. The molecule has 0 atom stereocenters. The van der Waals surface area contributed by atoms with Crippen LogP contribution in [0.1, 0.15) is 0 Å². The first-order chi connectivity index (χ1) is 19.2. The van der Waals surface area contributed by atoms with Gasteiger partial charge >= 0.3 is 0 Å². The van der Waals surface area contributed by atoms with E-state index in [-0.39, 0.29) is 9.79 Å². The predicted octanol–water partition coefficient (Wildman–Crippen LogP) is 8.27. The molecular weight excluding hydrogens is 676 g/mol. The third-order valence-electron chi connectivity index (χ3n) is 6.65. The summed E-state index contributed by atoms with van der Waals surface area (Å²) in [6.45, 7) is 0. The summed E-state index contributed by atoms with van der Waals surface area (Å²) < 4.78 is 61.3. The molecule has 0 aliphatic heterocycles. The molecule has 0 unspecified atom stereocenters. The minimum Gasteiger partial charge on any atom is -0.279 e. The Morgan fingerprint density at radius 2 is 0.725 bits per heavy atom. The van der Waals surface area contributed by atoms with Crippen molar-refractivity contribution in [3.05, 3.63) is 118 Å². The number of hydrogen-bond acceptors (Lipinski definition) is 4. The maximum atomic E-state index is 13.6. The highest BCUT2D eigenvalue weighted by molar-refractivity contribution is 9.11. The molecule has 0 heterocycles.